The second-order valence-corrected chi connectivity index (χ2v) is 3.58. The maximum Gasteiger partial charge on any atom is 0.212 e. The number of nitrogens with two attached hydrogens (primary N) is 1. The van der Waals surface area contributed by atoms with E-state index in [1.165, 1.54) is 12.8 Å². The van der Waals surface area contributed by atoms with Gasteiger partial charge in [0, 0.05) is 6.54 Å². The molecule has 5 nitrogen and oxygen atoms in total. The molecule has 0 aromatic heterocycles. The van der Waals surface area contributed by atoms with Crippen molar-refractivity contribution >= 4 is 5.96 Å². The summed E-state index contributed by atoms with van der Waals surface area (Å²) in [5.74, 6) is 0.724. The number of nitrogens with one attached hydrogen (secondary N) is 1. The SMILES string of the molecule is CN1CCC(CN=C(N)NO)CC1. The highest BCUT2D eigenvalue weighted by Crippen LogP contribution is 2.15. The topological polar surface area (TPSA) is 73.9 Å². The van der Waals surface area contributed by atoms with Crippen LogP contribution in [-0.2, 0) is 0 Å². The first-order valence-electron chi connectivity index (χ1n) is 4.61. The predicted molar refractivity (Wildman–Crippen MR) is 51.6 cm³/mol. The molecule has 0 aromatic rings. The van der Waals surface area contributed by atoms with Gasteiger partial charge in [-0.15, -0.1) is 0 Å². The van der Waals surface area contributed by atoms with E-state index in [0.29, 0.717) is 12.5 Å². The summed E-state index contributed by atoms with van der Waals surface area (Å²) < 4.78 is 0. The molecular formula is C8H18N4O. The van der Waals surface area contributed by atoms with Gasteiger partial charge in [-0.25, -0.2) is 5.48 Å². The number of hydrogen-bond acceptors (Lipinski definition) is 3. The van der Waals surface area contributed by atoms with Gasteiger partial charge in [0.1, 0.15) is 0 Å². The van der Waals surface area contributed by atoms with Crippen LogP contribution in [0.15, 0.2) is 4.99 Å². The monoisotopic (exact) mass is 186 g/mol. The van der Waals surface area contributed by atoms with E-state index in [-0.39, 0.29) is 5.96 Å². The lowest BCUT2D eigenvalue weighted by atomic mass is 9.97. The molecule has 4 N–H and O–H groups in total. The summed E-state index contributed by atoms with van der Waals surface area (Å²) in [6.07, 6.45) is 2.33. The highest BCUT2D eigenvalue weighted by atomic mass is 16.5. The lowest BCUT2D eigenvalue weighted by Crippen LogP contribution is -2.33. The molecule has 1 heterocycles. The van der Waals surface area contributed by atoms with Crippen LogP contribution in [0, 0.1) is 5.92 Å². The smallest absolute Gasteiger partial charge is 0.212 e. The average molecular weight is 186 g/mol. The second kappa shape index (κ2) is 5.04. The molecule has 0 bridgehead atoms. The van der Waals surface area contributed by atoms with Crippen molar-refractivity contribution in [3.05, 3.63) is 0 Å². The Kier molecular flexibility index (Phi) is 3.98. The predicted octanol–water partition coefficient (Wildman–Crippen LogP) is -0.378. The van der Waals surface area contributed by atoms with Gasteiger partial charge >= 0.3 is 0 Å². The molecule has 1 aliphatic heterocycles. The fraction of sp³-hybridized carbons (Fsp3) is 0.875. The van der Waals surface area contributed by atoms with Gasteiger partial charge < -0.3 is 10.6 Å². The number of likely N-dealkylation sites (tertiary alicyclic amines) is 1. The summed E-state index contributed by atoms with van der Waals surface area (Å²) in [6, 6.07) is 0. The molecule has 1 fully saturated rings. The molecule has 13 heavy (non-hydrogen) atoms. The summed E-state index contributed by atoms with van der Waals surface area (Å²) >= 11 is 0. The molecule has 76 valence electrons. The minimum absolute atomic E-state index is 0.110. The van der Waals surface area contributed by atoms with Gasteiger partial charge in [-0.2, -0.15) is 0 Å². The van der Waals surface area contributed by atoms with Gasteiger partial charge in [0.2, 0.25) is 5.96 Å². The maximum atomic E-state index is 8.39. The summed E-state index contributed by atoms with van der Waals surface area (Å²) in [7, 11) is 2.13. The van der Waals surface area contributed by atoms with Gasteiger partial charge in [-0.1, -0.05) is 0 Å². The Hall–Kier alpha value is -0.810. The van der Waals surface area contributed by atoms with E-state index in [9.17, 15) is 0 Å². The largest absolute Gasteiger partial charge is 0.368 e. The quantitative estimate of drug-likeness (QED) is 0.312. The van der Waals surface area contributed by atoms with Crippen LogP contribution in [0.3, 0.4) is 0 Å². The molecule has 0 saturated carbocycles. The summed E-state index contributed by atoms with van der Waals surface area (Å²) in [6.45, 7) is 2.98. The number of hydrogen-bond donors (Lipinski definition) is 3. The van der Waals surface area contributed by atoms with E-state index in [2.05, 4.69) is 16.9 Å². The molecule has 0 aliphatic carbocycles. The third kappa shape index (κ3) is 3.61. The van der Waals surface area contributed by atoms with Crippen LogP contribution >= 0.6 is 0 Å². The summed E-state index contributed by atoms with van der Waals surface area (Å²) in [5, 5.41) is 8.39. The van der Waals surface area contributed by atoms with E-state index < -0.39 is 0 Å². The third-order valence-corrected chi connectivity index (χ3v) is 2.47. The Labute approximate surface area is 78.6 Å². The standard InChI is InChI=1S/C8H18N4O/c1-12-4-2-7(3-5-12)6-10-8(9)11-13/h7,13H,2-6H2,1H3,(H3,9,10,11). The van der Waals surface area contributed by atoms with Crippen molar-refractivity contribution in [2.45, 2.75) is 12.8 Å². The highest BCUT2D eigenvalue weighted by Gasteiger charge is 2.15. The van der Waals surface area contributed by atoms with E-state index in [1.54, 1.807) is 0 Å². The van der Waals surface area contributed by atoms with Crippen molar-refractivity contribution in [2.24, 2.45) is 16.6 Å². The van der Waals surface area contributed by atoms with Crippen LogP contribution in [0.5, 0.6) is 0 Å². The van der Waals surface area contributed by atoms with Gasteiger partial charge in [0.25, 0.3) is 0 Å². The number of hydroxylamine groups is 1. The summed E-state index contributed by atoms with van der Waals surface area (Å²) in [5.41, 5.74) is 7.13. The minimum Gasteiger partial charge on any atom is -0.368 e. The van der Waals surface area contributed by atoms with Gasteiger partial charge in [0.15, 0.2) is 0 Å². The number of piperidine rings is 1. The van der Waals surface area contributed by atoms with Gasteiger partial charge in [-0.3, -0.25) is 10.2 Å². The van der Waals surface area contributed by atoms with Crippen LogP contribution < -0.4 is 11.2 Å². The Bertz CT molecular complexity index is 175. The average Bonchev–Trinajstić information content (AvgIpc) is 2.16. The van der Waals surface area contributed by atoms with Gasteiger partial charge in [-0.05, 0) is 38.9 Å². The Morgan fingerprint density at radius 1 is 1.62 bits per heavy atom. The van der Waals surface area contributed by atoms with Crippen molar-refractivity contribution in [3.8, 4) is 0 Å². The fourth-order valence-corrected chi connectivity index (χ4v) is 1.51. The molecule has 0 spiro atoms. The molecule has 0 radical (unpaired) electrons. The molecule has 1 aliphatic rings. The first-order valence-corrected chi connectivity index (χ1v) is 4.61. The molecule has 0 aromatic carbocycles. The molecule has 0 amide bonds. The third-order valence-electron chi connectivity index (χ3n) is 2.47. The first kappa shape index (κ1) is 10.3. The minimum atomic E-state index is 0.110. The fourth-order valence-electron chi connectivity index (χ4n) is 1.51. The van der Waals surface area contributed by atoms with Crippen molar-refractivity contribution < 1.29 is 5.21 Å². The molecule has 0 atom stereocenters. The molecule has 0 unspecified atom stereocenters. The number of guanidine groups is 1. The van der Waals surface area contributed by atoms with E-state index in [0.717, 1.165) is 13.1 Å². The van der Waals surface area contributed by atoms with Crippen LogP contribution in [0.25, 0.3) is 0 Å². The second-order valence-electron chi connectivity index (χ2n) is 3.58. The van der Waals surface area contributed by atoms with Crippen LogP contribution in [0.1, 0.15) is 12.8 Å². The van der Waals surface area contributed by atoms with Crippen LogP contribution in [0.4, 0.5) is 0 Å². The lowest BCUT2D eigenvalue weighted by molar-refractivity contribution is 0.220. The summed E-state index contributed by atoms with van der Waals surface area (Å²) in [4.78, 5) is 6.32. The zero-order valence-corrected chi connectivity index (χ0v) is 8.03. The van der Waals surface area contributed by atoms with Crippen LogP contribution in [-0.4, -0.2) is 42.7 Å². The van der Waals surface area contributed by atoms with Crippen molar-refractivity contribution in [1.82, 2.24) is 10.4 Å². The molecule has 1 saturated heterocycles. The maximum absolute atomic E-state index is 8.39. The van der Waals surface area contributed by atoms with Crippen LogP contribution in [0.2, 0.25) is 0 Å². The Balaban J connectivity index is 2.23. The zero-order valence-electron chi connectivity index (χ0n) is 8.03. The Morgan fingerprint density at radius 3 is 2.77 bits per heavy atom. The van der Waals surface area contributed by atoms with E-state index >= 15 is 0 Å². The van der Waals surface area contributed by atoms with E-state index in [4.69, 9.17) is 10.9 Å². The van der Waals surface area contributed by atoms with E-state index in [1.807, 2.05) is 5.48 Å². The first-order chi connectivity index (χ1) is 6.22. The van der Waals surface area contributed by atoms with Crippen molar-refractivity contribution in [3.63, 3.8) is 0 Å². The molecular weight excluding hydrogens is 168 g/mol. The van der Waals surface area contributed by atoms with Crippen molar-refractivity contribution in [2.75, 3.05) is 26.7 Å². The number of aliphatic imine (C=N–C) groups is 1. The molecule has 1 rings (SSSR count). The zero-order chi connectivity index (χ0) is 9.68. The van der Waals surface area contributed by atoms with Crippen molar-refractivity contribution in [1.29, 1.82) is 0 Å². The highest BCUT2D eigenvalue weighted by molar-refractivity contribution is 5.76. The number of nitrogens with zero attached hydrogens (tertiary/aromatic N) is 2. The Morgan fingerprint density at radius 2 is 2.23 bits per heavy atom. The van der Waals surface area contributed by atoms with Gasteiger partial charge in [0.05, 0.1) is 0 Å². The normalized spacial score (nSPS) is 21.8. The lowest BCUT2D eigenvalue weighted by Gasteiger charge is -2.27. The molecule has 5 heteroatoms. The number of rotatable bonds is 2.